The lowest BCUT2D eigenvalue weighted by Gasteiger charge is -2.48. The number of carbonyl (C=O) groups excluding carboxylic acids is 1. The van der Waals surface area contributed by atoms with Crippen molar-refractivity contribution in [1.82, 2.24) is 9.80 Å². The first kappa shape index (κ1) is 13.1. The van der Waals surface area contributed by atoms with Gasteiger partial charge in [0.15, 0.2) is 0 Å². The maximum atomic E-state index is 12.1. The Balaban J connectivity index is 1.51. The largest absolute Gasteiger partial charge is 0.376 e. The Labute approximate surface area is 121 Å². The van der Waals surface area contributed by atoms with E-state index < -0.39 is 0 Å². The highest BCUT2D eigenvalue weighted by Crippen LogP contribution is 2.36. The zero-order valence-electron chi connectivity index (χ0n) is 12.3. The van der Waals surface area contributed by atoms with Gasteiger partial charge in [0.05, 0.1) is 12.1 Å². The van der Waals surface area contributed by atoms with Crippen LogP contribution in [0.25, 0.3) is 0 Å². The van der Waals surface area contributed by atoms with E-state index in [-0.39, 0.29) is 0 Å². The van der Waals surface area contributed by atoms with Crippen LogP contribution in [0.2, 0.25) is 0 Å². The maximum absolute atomic E-state index is 12.1. The van der Waals surface area contributed by atoms with Gasteiger partial charge in [-0.2, -0.15) is 0 Å². The molecule has 1 saturated carbocycles. The summed E-state index contributed by atoms with van der Waals surface area (Å²) < 4.78 is 6.10. The van der Waals surface area contributed by atoms with E-state index >= 15 is 0 Å². The highest BCUT2D eigenvalue weighted by atomic mass is 16.5. The molecule has 0 aromatic heterocycles. The number of rotatable bonds is 3. The number of amides is 1. The molecule has 4 aliphatic rings. The van der Waals surface area contributed by atoms with Crippen molar-refractivity contribution in [2.75, 3.05) is 32.8 Å². The molecule has 1 amide bonds. The van der Waals surface area contributed by atoms with Crippen LogP contribution in [0.15, 0.2) is 0 Å². The van der Waals surface area contributed by atoms with Gasteiger partial charge in [-0.05, 0) is 43.9 Å². The molecule has 0 spiro atoms. The number of nitrogens with zero attached hydrogens (tertiary/aromatic N) is 2. The number of fused-ring (bicyclic) bond motifs is 1. The Morgan fingerprint density at radius 1 is 1.15 bits per heavy atom. The highest BCUT2D eigenvalue weighted by molar-refractivity contribution is 5.78. The van der Waals surface area contributed by atoms with Crippen LogP contribution in [-0.2, 0) is 9.53 Å². The first-order valence-electron chi connectivity index (χ1n) is 8.44. The normalized spacial score (nSPS) is 39.1. The summed E-state index contributed by atoms with van der Waals surface area (Å²) in [5, 5.41) is 0. The molecule has 0 aromatic carbocycles. The van der Waals surface area contributed by atoms with Crippen molar-refractivity contribution in [3.8, 4) is 0 Å². The van der Waals surface area contributed by atoms with E-state index in [2.05, 4.69) is 9.80 Å². The van der Waals surface area contributed by atoms with Gasteiger partial charge in [0.2, 0.25) is 5.91 Å². The summed E-state index contributed by atoms with van der Waals surface area (Å²) in [7, 11) is 0. The van der Waals surface area contributed by atoms with Gasteiger partial charge < -0.3 is 14.5 Å². The van der Waals surface area contributed by atoms with Gasteiger partial charge in [-0.25, -0.2) is 0 Å². The van der Waals surface area contributed by atoms with E-state index in [0.29, 0.717) is 24.0 Å². The molecule has 0 bridgehead atoms. The molecule has 112 valence electrons. The lowest BCUT2D eigenvalue weighted by Crippen LogP contribution is -2.61. The molecule has 4 heteroatoms. The minimum atomic E-state index is 0.307. The standard InChI is InChI=1S/C16H26N2O2/c19-15-4-1-7-18(15)14-11-17(9-12-5-6-12)10-13-3-2-8-20-16(13)14/h12-14,16H,1-11H2/t13-,14+,16-/m0/s1. The van der Waals surface area contributed by atoms with Gasteiger partial charge >= 0.3 is 0 Å². The summed E-state index contributed by atoms with van der Waals surface area (Å²) >= 11 is 0. The van der Waals surface area contributed by atoms with E-state index in [1.165, 1.54) is 38.8 Å². The average molecular weight is 278 g/mol. The number of likely N-dealkylation sites (tertiary alicyclic amines) is 2. The van der Waals surface area contributed by atoms with Crippen LogP contribution in [-0.4, -0.2) is 60.6 Å². The molecule has 0 radical (unpaired) electrons. The minimum Gasteiger partial charge on any atom is -0.376 e. The molecule has 4 fully saturated rings. The van der Waals surface area contributed by atoms with Gasteiger partial charge in [-0.3, -0.25) is 4.79 Å². The number of hydrogen-bond acceptors (Lipinski definition) is 3. The van der Waals surface area contributed by atoms with Gasteiger partial charge in [-0.15, -0.1) is 0 Å². The predicted octanol–water partition coefficient (Wildman–Crippen LogP) is 1.50. The van der Waals surface area contributed by atoms with Crippen molar-refractivity contribution in [3.63, 3.8) is 0 Å². The third-order valence-corrected chi connectivity index (χ3v) is 5.54. The van der Waals surface area contributed by atoms with Crippen LogP contribution in [0.1, 0.15) is 38.5 Å². The quantitative estimate of drug-likeness (QED) is 0.784. The van der Waals surface area contributed by atoms with Crippen LogP contribution < -0.4 is 0 Å². The van der Waals surface area contributed by atoms with Crippen molar-refractivity contribution in [3.05, 3.63) is 0 Å². The molecule has 0 aromatic rings. The number of hydrogen-bond donors (Lipinski definition) is 0. The van der Waals surface area contributed by atoms with Crippen LogP contribution in [0.3, 0.4) is 0 Å². The Kier molecular flexibility index (Phi) is 3.47. The Morgan fingerprint density at radius 3 is 2.80 bits per heavy atom. The van der Waals surface area contributed by atoms with Crippen LogP contribution >= 0.6 is 0 Å². The summed E-state index contributed by atoms with van der Waals surface area (Å²) in [4.78, 5) is 16.9. The van der Waals surface area contributed by atoms with Crippen LogP contribution in [0.4, 0.5) is 0 Å². The first-order chi connectivity index (χ1) is 9.81. The monoisotopic (exact) mass is 278 g/mol. The van der Waals surface area contributed by atoms with Crippen LogP contribution in [0.5, 0.6) is 0 Å². The maximum Gasteiger partial charge on any atom is 0.223 e. The van der Waals surface area contributed by atoms with E-state index in [1.54, 1.807) is 0 Å². The first-order valence-corrected chi connectivity index (χ1v) is 8.44. The Morgan fingerprint density at radius 2 is 2.05 bits per heavy atom. The van der Waals surface area contributed by atoms with Gasteiger partial charge in [0, 0.05) is 39.2 Å². The van der Waals surface area contributed by atoms with Crippen molar-refractivity contribution in [2.45, 2.75) is 50.7 Å². The number of carbonyl (C=O) groups is 1. The average Bonchev–Trinajstić information content (AvgIpc) is 3.17. The zero-order valence-corrected chi connectivity index (χ0v) is 12.3. The summed E-state index contributed by atoms with van der Waals surface area (Å²) in [6, 6.07) is 0.322. The van der Waals surface area contributed by atoms with Gasteiger partial charge in [-0.1, -0.05) is 0 Å². The lowest BCUT2D eigenvalue weighted by atomic mass is 9.84. The van der Waals surface area contributed by atoms with Gasteiger partial charge in [0.25, 0.3) is 0 Å². The second-order valence-electron chi connectivity index (χ2n) is 7.16. The lowest BCUT2D eigenvalue weighted by molar-refractivity contribution is -0.145. The SMILES string of the molecule is O=C1CCCN1[C@@H]1CN(CC2CC2)C[C@@H]2CCCO[C@@H]21. The smallest absolute Gasteiger partial charge is 0.223 e. The molecule has 1 aliphatic carbocycles. The third-order valence-electron chi connectivity index (χ3n) is 5.54. The summed E-state index contributed by atoms with van der Waals surface area (Å²) in [5.74, 6) is 1.94. The molecule has 3 aliphatic heterocycles. The second-order valence-corrected chi connectivity index (χ2v) is 7.16. The van der Waals surface area contributed by atoms with E-state index in [4.69, 9.17) is 4.74 Å². The molecule has 4 nitrogen and oxygen atoms in total. The fraction of sp³-hybridized carbons (Fsp3) is 0.938. The van der Waals surface area contributed by atoms with Crippen molar-refractivity contribution in [2.24, 2.45) is 11.8 Å². The molecule has 3 heterocycles. The van der Waals surface area contributed by atoms with Gasteiger partial charge in [0.1, 0.15) is 0 Å². The third kappa shape index (κ3) is 2.48. The van der Waals surface area contributed by atoms with Crippen LogP contribution in [0, 0.1) is 11.8 Å². The summed E-state index contributed by atoms with van der Waals surface area (Å²) in [6.45, 7) is 5.33. The van der Waals surface area contributed by atoms with Crippen molar-refractivity contribution >= 4 is 5.91 Å². The topological polar surface area (TPSA) is 32.8 Å². The molecule has 3 atom stereocenters. The predicted molar refractivity (Wildman–Crippen MR) is 76.4 cm³/mol. The number of ether oxygens (including phenoxy) is 1. The summed E-state index contributed by atoms with van der Waals surface area (Å²) in [5.41, 5.74) is 0. The minimum absolute atomic E-state index is 0.307. The fourth-order valence-electron chi connectivity index (χ4n) is 4.37. The molecular formula is C16H26N2O2. The van der Waals surface area contributed by atoms with Crippen molar-refractivity contribution in [1.29, 1.82) is 0 Å². The summed E-state index contributed by atoms with van der Waals surface area (Å²) in [6.07, 6.45) is 7.39. The van der Waals surface area contributed by atoms with E-state index in [0.717, 1.165) is 38.5 Å². The van der Waals surface area contributed by atoms with E-state index in [1.807, 2.05) is 0 Å². The highest BCUT2D eigenvalue weighted by Gasteiger charge is 2.44. The zero-order chi connectivity index (χ0) is 13.5. The fourth-order valence-corrected chi connectivity index (χ4v) is 4.37. The number of piperidine rings is 1. The Hall–Kier alpha value is -0.610. The Bertz CT molecular complexity index is 383. The molecule has 3 saturated heterocycles. The molecular weight excluding hydrogens is 252 g/mol. The van der Waals surface area contributed by atoms with E-state index in [9.17, 15) is 4.79 Å². The van der Waals surface area contributed by atoms with Crippen molar-refractivity contribution < 1.29 is 9.53 Å². The second kappa shape index (κ2) is 5.30. The molecule has 0 N–H and O–H groups in total. The molecule has 0 unspecified atom stereocenters. The molecule has 4 rings (SSSR count). The molecule has 20 heavy (non-hydrogen) atoms.